The van der Waals surface area contributed by atoms with Crippen LogP contribution in [0.15, 0.2) is 48.5 Å². The van der Waals surface area contributed by atoms with E-state index in [0.717, 1.165) is 0 Å². The van der Waals surface area contributed by atoms with Crippen LogP contribution in [0, 0.1) is 22.7 Å². The highest BCUT2D eigenvalue weighted by molar-refractivity contribution is 5.35. The summed E-state index contributed by atoms with van der Waals surface area (Å²) < 4.78 is 11.3. The van der Waals surface area contributed by atoms with Crippen LogP contribution in [-0.2, 0) is 0 Å². The molecule has 0 aromatic heterocycles. The van der Waals surface area contributed by atoms with Crippen molar-refractivity contribution in [2.45, 2.75) is 13.0 Å². The molecule has 0 radical (unpaired) electrons. The van der Waals surface area contributed by atoms with Crippen molar-refractivity contribution in [1.82, 2.24) is 0 Å². The molecule has 4 nitrogen and oxygen atoms in total. The molecule has 0 heterocycles. The van der Waals surface area contributed by atoms with Gasteiger partial charge in [-0.05, 0) is 55.5 Å². The predicted molar refractivity (Wildman–Crippen MR) is 77.9 cm³/mol. The fourth-order valence-electron chi connectivity index (χ4n) is 1.71. The first-order valence-electron chi connectivity index (χ1n) is 6.51. The molecular weight excluding hydrogens is 264 g/mol. The summed E-state index contributed by atoms with van der Waals surface area (Å²) in [6.45, 7) is 2.30. The second kappa shape index (κ2) is 6.98. The van der Waals surface area contributed by atoms with E-state index in [4.69, 9.17) is 20.0 Å². The third kappa shape index (κ3) is 4.26. The summed E-state index contributed by atoms with van der Waals surface area (Å²) >= 11 is 0. The molecule has 0 aliphatic heterocycles. The standard InChI is InChI=1S/C17H14N2O2/c1-13(21-17-8-4-15(11-19)5-9-17)12-20-16-6-2-14(10-18)3-7-16/h2-9,13H,12H2,1H3/t13-/m0/s1. The maximum atomic E-state index is 8.73. The first kappa shape index (κ1) is 14.4. The highest BCUT2D eigenvalue weighted by Gasteiger charge is 2.05. The van der Waals surface area contributed by atoms with E-state index in [1.807, 2.05) is 6.92 Å². The van der Waals surface area contributed by atoms with Crippen molar-refractivity contribution in [3.05, 3.63) is 59.7 Å². The van der Waals surface area contributed by atoms with Gasteiger partial charge in [-0.3, -0.25) is 0 Å². The molecule has 0 saturated carbocycles. The summed E-state index contributed by atoms with van der Waals surface area (Å²) in [7, 11) is 0. The van der Waals surface area contributed by atoms with E-state index < -0.39 is 0 Å². The smallest absolute Gasteiger partial charge is 0.130 e. The van der Waals surface area contributed by atoms with Gasteiger partial charge in [0, 0.05) is 0 Å². The van der Waals surface area contributed by atoms with Crippen molar-refractivity contribution in [2.24, 2.45) is 0 Å². The number of nitriles is 2. The van der Waals surface area contributed by atoms with Crippen molar-refractivity contribution >= 4 is 0 Å². The Kier molecular flexibility index (Phi) is 4.79. The Morgan fingerprint density at radius 1 is 0.857 bits per heavy atom. The molecule has 4 heteroatoms. The zero-order chi connectivity index (χ0) is 15.1. The summed E-state index contributed by atoms with van der Waals surface area (Å²) in [6.07, 6.45) is -0.131. The Bertz CT molecular complexity index is 664. The Balaban J connectivity index is 1.85. The molecule has 0 bridgehead atoms. The molecule has 0 aliphatic carbocycles. The fraction of sp³-hybridized carbons (Fsp3) is 0.176. The van der Waals surface area contributed by atoms with Crippen LogP contribution in [0.1, 0.15) is 18.1 Å². The van der Waals surface area contributed by atoms with Crippen molar-refractivity contribution < 1.29 is 9.47 Å². The monoisotopic (exact) mass is 278 g/mol. The first-order valence-corrected chi connectivity index (χ1v) is 6.51. The predicted octanol–water partition coefficient (Wildman–Crippen LogP) is 3.28. The first-order chi connectivity index (χ1) is 10.2. The zero-order valence-corrected chi connectivity index (χ0v) is 11.6. The molecule has 0 spiro atoms. The van der Waals surface area contributed by atoms with Gasteiger partial charge in [-0.25, -0.2) is 0 Å². The summed E-state index contributed by atoms with van der Waals surface area (Å²) in [5, 5.41) is 17.4. The lowest BCUT2D eigenvalue weighted by Crippen LogP contribution is -2.21. The minimum Gasteiger partial charge on any atom is -0.490 e. The summed E-state index contributed by atoms with van der Waals surface area (Å²) in [4.78, 5) is 0. The van der Waals surface area contributed by atoms with Crippen molar-refractivity contribution in [3.63, 3.8) is 0 Å². The third-order valence-corrected chi connectivity index (χ3v) is 2.79. The number of benzene rings is 2. The molecule has 2 aromatic carbocycles. The van der Waals surface area contributed by atoms with Gasteiger partial charge in [-0.1, -0.05) is 0 Å². The highest BCUT2D eigenvalue weighted by atomic mass is 16.5. The topological polar surface area (TPSA) is 66.0 Å². The molecular formula is C17H14N2O2. The molecule has 1 atom stereocenters. The average molecular weight is 278 g/mol. The van der Waals surface area contributed by atoms with Crippen molar-refractivity contribution in [3.8, 4) is 23.6 Å². The Hall–Kier alpha value is -2.98. The Morgan fingerprint density at radius 3 is 1.81 bits per heavy atom. The van der Waals surface area contributed by atoms with Gasteiger partial charge in [-0.2, -0.15) is 10.5 Å². The lowest BCUT2D eigenvalue weighted by atomic mass is 10.2. The van der Waals surface area contributed by atoms with Gasteiger partial charge < -0.3 is 9.47 Å². The van der Waals surface area contributed by atoms with E-state index in [-0.39, 0.29) is 6.10 Å². The van der Waals surface area contributed by atoms with Crippen LogP contribution in [0.5, 0.6) is 11.5 Å². The number of ether oxygens (including phenoxy) is 2. The molecule has 0 fully saturated rings. The maximum Gasteiger partial charge on any atom is 0.130 e. The molecule has 104 valence electrons. The maximum absolute atomic E-state index is 8.73. The normalized spacial score (nSPS) is 11.0. The quantitative estimate of drug-likeness (QED) is 0.841. The molecule has 21 heavy (non-hydrogen) atoms. The van der Waals surface area contributed by atoms with E-state index >= 15 is 0 Å². The van der Waals surface area contributed by atoms with E-state index in [0.29, 0.717) is 29.2 Å². The van der Waals surface area contributed by atoms with Crippen molar-refractivity contribution in [1.29, 1.82) is 10.5 Å². The molecule has 0 unspecified atom stereocenters. The summed E-state index contributed by atoms with van der Waals surface area (Å²) in [5.41, 5.74) is 1.20. The lowest BCUT2D eigenvalue weighted by molar-refractivity contribution is 0.143. The van der Waals surface area contributed by atoms with Gasteiger partial charge in [0.1, 0.15) is 24.2 Å². The average Bonchev–Trinajstić information content (AvgIpc) is 2.54. The Morgan fingerprint density at radius 2 is 1.33 bits per heavy atom. The van der Waals surface area contributed by atoms with Gasteiger partial charge in [0.2, 0.25) is 0 Å². The zero-order valence-electron chi connectivity index (χ0n) is 11.6. The number of nitrogens with zero attached hydrogens (tertiary/aromatic N) is 2. The molecule has 0 aliphatic rings. The Labute approximate surface area is 123 Å². The molecule has 2 aromatic rings. The van der Waals surface area contributed by atoms with E-state index in [9.17, 15) is 0 Å². The van der Waals surface area contributed by atoms with Gasteiger partial charge in [0.05, 0.1) is 23.3 Å². The van der Waals surface area contributed by atoms with Crippen LogP contribution in [-0.4, -0.2) is 12.7 Å². The van der Waals surface area contributed by atoms with Crippen LogP contribution in [0.3, 0.4) is 0 Å². The number of rotatable bonds is 5. The molecule has 0 amide bonds. The second-order valence-corrected chi connectivity index (χ2v) is 4.51. The number of hydrogen-bond donors (Lipinski definition) is 0. The minimum absolute atomic E-state index is 0.131. The SMILES string of the molecule is C[C@@H](COc1ccc(C#N)cc1)Oc1ccc(C#N)cc1. The van der Waals surface area contributed by atoms with E-state index in [1.165, 1.54) is 0 Å². The highest BCUT2D eigenvalue weighted by Crippen LogP contribution is 2.15. The number of hydrogen-bond acceptors (Lipinski definition) is 4. The van der Waals surface area contributed by atoms with Gasteiger partial charge in [-0.15, -0.1) is 0 Å². The lowest BCUT2D eigenvalue weighted by Gasteiger charge is -2.15. The van der Waals surface area contributed by atoms with E-state index in [2.05, 4.69) is 12.1 Å². The van der Waals surface area contributed by atoms with Gasteiger partial charge in [0.25, 0.3) is 0 Å². The fourth-order valence-corrected chi connectivity index (χ4v) is 1.71. The summed E-state index contributed by atoms with van der Waals surface area (Å²) in [6, 6.07) is 18.0. The molecule has 0 saturated heterocycles. The minimum atomic E-state index is -0.131. The van der Waals surface area contributed by atoms with Crippen molar-refractivity contribution in [2.75, 3.05) is 6.61 Å². The largest absolute Gasteiger partial charge is 0.490 e. The van der Waals surface area contributed by atoms with Gasteiger partial charge >= 0.3 is 0 Å². The molecule has 2 rings (SSSR count). The summed E-state index contributed by atoms with van der Waals surface area (Å²) in [5.74, 6) is 1.40. The van der Waals surface area contributed by atoms with Crippen LogP contribution >= 0.6 is 0 Å². The third-order valence-electron chi connectivity index (χ3n) is 2.79. The second-order valence-electron chi connectivity index (χ2n) is 4.51. The van der Waals surface area contributed by atoms with E-state index in [1.54, 1.807) is 48.5 Å². The molecule has 0 N–H and O–H groups in total. The van der Waals surface area contributed by atoms with Crippen LogP contribution < -0.4 is 9.47 Å². The van der Waals surface area contributed by atoms with Gasteiger partial charge in [0.15, 0.2) is 0 Å². The van der Waals surface area contributed by atoms with Crippen LogP contribution in [0.4, 0.5) is 0 Å². The van der Waals surface area contributed by atoms with Crippen LogP contribution in [0.25, 0.3) is 0 Å². The van der Waals surface area contributed by atoms with Crippen LogP contribution in [0.2, 0.25) is 0 Å².